The molecule has 0 radical (unpaired) electrons. The van der Waals surface area contributed by atoms with Crippen LogP contribution in [0.25, 0.3) is 0 Å². The monoisotopic (exact) mass is 181 g/mol. The van der Waals surface area contributed by atoms with Gasteiger partial charge in [0, 0.05) is 5.38 Å². The normalized spacial score (nSPS) is 22.8. The first-order valence-electron chi connectivity index (χ1n) is 3.97. The Morgan fingerprint density at radius 1 is 1.67 bits per heavy atom. The van der Waals surface area contributed by atoms with Crippen molar-refractivity contribution in [2.24, 2.45) is 0 Å². The van der Waals surface area contributed by atoms with Gasteiger partial charge in [0.05, 0.1) is 11.7 Å². The summed E-state index contributed by atoms with van der Waals surface area (Å²) >= 11 is 1.49. The second kappa shape index (κ2) is 3.25. The van der Waals surface area contributed by atoms with Crippen LogP contribution in [-0.2, 0) is 0 Å². The highest BCUT2D eigenvalue weighted by Gasteiger charge is 2.12. The van der Waals surface area contributed by atoms with E-state index >= 15 is 0 Å². The average molecular weight is 181 g/mol. The van der Waals surface area contributed by atoms with Gasteiger partial charge in [0.2, 0.25) is 0 Å². The van der Waals surface area contributed by atoms with Crippen molar-refractivity contribution in [1.82, 2.24) is 10.3 Å². The summed E-state index contributed by atoms with van der Waals surface area (Å²) < 4.78 is 0. The Bertz CT molecular complexity index is 292. The molecule has 4 heteroatoms. The van der Waals surface area contributed by atoms with E-state index in [-0.39, 0.29) is 6.04 Å². The zero-order chi connectivity index (χ0) is 8.39. The van der Waals surface area contributed by atoms with E-state index in [1.165, 1.54) is 11.3 Å². The smallest absolute Gasteiger partial charge is 0.180 e. The van der Waals surface area contributed by atoms with Crippen LogP contribution in [0.3, 0.4) is 0 Å². The third-order valence-electron chi connectivity index (χ3n) is 1.86. The molecular formula is C8H11N3S. The molecule has 2 rings (SSSR count). The van der Waals surface area contributed by atoms with E-state index in [9.17, 15) is 0 Å². The van der Waals surface area contributed by atoms with Crippen LogP contribution in [0.15, 0.2) is 17.5 Å². The van der Waals surface area contributed by atoms with Gasteiger partial charge in [-0.2, -0.15) is 0 Å². The lowest BCUT2D eigenvalue weighted by Crippen LogP contribution is -2.23. The summed E-state index contributed by atoms with van der Waals surface area (Å²) in [4.78, 5) is 4.22. The number of aromatic nitrogens is 1. The molecule has 64 valence electrons. The first-order chi connectivity index (χ1) is 5.86. The summed E-state index contributed by atoms with van der Waals surface area (Å²) in [5.41, 5.74) is 6.58. The number of nitrogen functional groups attached to an aromatic ring is 1. The van der Waals surface area contributed by atoms with Crippen LogP contribution >= 0.6 is 11.3 Å². The van der Waals surface area contributed by atoms with Crippen molar-refractivity contribution in [2.75, 3.05) is 12.3 Å². The number of nitrogens with two attached hydrogens (primary N) is 1. The molecule has 12 heavy (non-hydrogen) atoms. The maximum absolute atomic E-state index is 5.54. The van der Waals surface area contributed by atoms with E-state index in [0.29, 0.717) is 5.13 Å². The van der Waals surface area contributed by atoms with Gasteiger partial charge in [-0.05, 0) is 13.0 Å². The van der Waals surface area contributed by atoms with Crippen molar-refractivity contribution in [3.05, 3.63) is 23.2 Å². The first kappa shape index (κ1) is 7.76. The molecule has 0 saturated carbocycles. The fourth-order valence-corrected chi connectivity index (χ4v) is 1.87. The number of rotatable bonds is 1. The average Bonchev–Trinajstić information content (AvgIpc) is 2.54. The fraction of sp³-hybridized carbons (Fsp3) is 0.375. The quantitative estimate of drug-likeness (QED) is 0.642. The SMILES string of the molecule is Nc1nc(C2C=CCCN2)cs1. The van der Waals surface area contributed by atoms with Gasteiger partial charge in [0.15, 0.2) is 5.13 Å². The van der Waals surface area contributed by atoms with Gasteiger partial charge < -0.3 is 11.1 Å². The van der Waals surface area contributed by atoms with Gasteiger partial charge in [-0.3, -0.25) is 0 Å². The number of thiazole rings is 1. The third-order valence-corrected chi connectivity index (χ3v) is 2.55. The summed E-state index contributed by atoms with van der Waals surface area (Å²) in [6.45, 7) is 1.03. The molecule has 1 aromatic rings. The van der Waals surface area contributed by atoms with Gasteiger partial charge in [-0.1, -0.05) is 12.2 Å². The number of nitrogens with zero attached hydrogens (tertiary/aromatic N) is 1. The number of hydrogen-bond acceptors (Lipinski definition) is 4. The molecular weight excluding hydrogens is 170 g/mol. The predicted octanol–water partition coefficient (Wildman–Crippen LogP) is 1.32. The van der Waals surface area contributed by atoms with Crippen LogP contribution in [0.1, 0.15) is 18.2 Å². The van der Waals surface area contributed by atoms with Crippen LogP contribution in [0.5, 0.6) is 0 Å². The summed E-state index contributed by atoms with van der Waals surface area (Å²) in [7, 11) is 0. The van der Waals surface area contributed by atoms with Crippen molar-refractivity contribution < 1.29 is 0 Å². The zero-order valence-electron chi connectivity index (χ0n) is 6.66. The van der Waals surface area contributed by atoms with Crippen molar-refractivity contribution >= 4 is 16.5 Å². The van der Waals surface area contributed by atoms with Gasteiger partial charge in [0.25, 0.3) is 0 Å². The molecule has 1 atom stereocenters. The lowest BCUT2D eigenvalue weighted by atomic mass is 10.1. The summed E-state index contributed by atoms with van der Waals surface area (Å²) in [5.74, 6) is 0. The molecule has 1 aliphatic rings. The molecule has 1 unspecified atom stereocenters. The van der Waals surface area contributed by atoms with E-state index in [0.717, 1.165) is 18.7 Å². The minimum atomic E-state index is 0.271. The van der Waals surface area contributed by atoms with Crippen molar-refractivity contribution in [2.45, 2.75) is 12.5 Å². The Labute approximate surface area is 75.3 Å². The standard InChI is InChI=1S/C8H11N3S/c9-8-11-7(5-12-8)6-3-1-2-4-10-6/h1,3,5-6,10H,2,4H2,(H2,9,11). The van der Waals surface area contributed by atoms with Crippen LogP contribution in [0.2, 0.25) is 0 Å². The second-order valence-electron chi connectivity index (χ2n) is 2.76. The van der Waals surface area contributed by atoms with E-state index in [2.05, 4.69) is 22.5 Å². The Morgan fingerprint density at radius 3 is 3.17 bits per heavy atom. The molecule has 0 bridgehead atoms. The van der Waals surface area contributed by atoms with Crippen LogP contribution in [-0.4, -0.2) is 11.5 Å². The van der Waals surface area contributed by atoms with E-state index < -0.39 is 0 Å². The maximum Gasteiger partial charge on any atom is 0.180 e. The highest BCUT2D eigenvalue weighted by molar-refractivity contribution is 7.13. The molecule has 0 spiro atoms. The summed E-state index contributed by atoms with van der Waals surface area (Å²) in [5, 5.41) is 6.00. The van der Waals surface area contributed by atoms with Gasteiger partial charge in [-0.15, -0.1) is 11.3 Å². The predicted molar refractivity (Wildman–Crippen MR) is 51.0 cm³/mol. The van der Waals surface area contributed by atoms with E-state index in [4.69, 9.17) is 5.73 Å². The number of hydrogen-bond donors (Lipinski definition) is 2. The molecule has 1 aromatic heterocycles. The zero-order valence-corrected chi connectivity index (χ0v) is 7.47. The molecule has 0 aliphatic carbocycles. The fourth-order valence-electron chi connectivity index (χ4n) is 1.27. The van der Waals surface area contributed by atoms with Gasteiger partial charge in [-0.25, -0.2) is 4.98 Å². The highest BCUT2D eigenvalue weighted by atomic mass is 32.1. The molecule has 1 aliphatic heterocycles. The van der Waals surface area contributed by atoms with Crippen molar-refractivity contribution in [3.63, 3.8) is 0 Å². The topological polar surface area (TPSA) is 50.9 Å². The van der Waals surface area contributed by atoms with E-state index in [1.807, 2.05) is 5.38 Å². The minimum Gasteiger partial charge on any atom is -0.375 e. The maximum atomic E-state index is 5.54. The van der Waals surface area contributed by atoms with E-state index in [1.54, 1.807) is 0 Å². The van der Waals surface area contributed by atoms with Crippen LogP contribution in [0, 0.1) is 0 Å². The molecule has 2 heterocycles. The molecule has 0 fully saturated rings. The highest BCUT2D eigenvalue weighted by Crippen LogP contribution is 2.20. The first-order valence-corrected chi connectivity index (χ1v) is 4.85. The Morgan fingerprint density at radius 2 is 2.58 bits per heavy atom. The molecule has 0 saturated heterocycles. The molecule has 3 N–H and O–H groups in total. The van der Waals surface area contributed by atoms with Gasteiger partial charge in [0.1, 0.15) is 0 Å². The Kier molecular flexibility index (Phi) is 2.10. The molecule has 0 amide bonds. The third kappa shape index (κ3) is 1.49. The summed E-state index contributed by atoms with van der Waals surface area (Å²) in [6.07, 6.45) is 5.42. The van der Waals surface area contributed by atoms with Crippen molar-refractivity contribution in [3.8, 4) is 0 Å². The lowest BCUT2D eigenvalue weighted by Gasteiger charge is -2.15. The number of anilines is 1. The Hall–Kier alpha value is -0.870. The largest absolute Gasteiger partial charge is 0.375 e. The number of nitrogens with one attached hydrogen (secondary N) is 1. The van der Waals surface area contributed by atoms with Crippen LogP contribution < -0.4 is 11.1 Å². The van der Waals surface area contributed by atoms with Gasteiger partial charge >= 0.3 is 0 Å². The molecule has 3 nitrogen and oxygen atoms in total. The van der Waals surface area contributed by atoms with Crippen LogP contribution in [0.4, 0.5) is 5.13 Å². The Balaban J connectivity index is 2.18. The lowest BCUT2D eigenvalue weighted by molar-refractivity contribution is 0.591. The molecule has 0 aromatic carbocycles. The summed E-state index contributed by atoms with van der Waals surface area (Å²) in [6, 6.07) is 0.271. The minimum absolute atomic E-state index is 0.271. The second-order valence-corrected chi connectivity index (χ2v) is 3.65. The van der Waals surface area contributed by atoms with Crippen molar-refractivity contribution in [1.29, 1.82) is 0 Å².